The number of H-pyrrole nitrogens is 3. The van der Waals surface area contributed by atoms with Gasteiger partial charge in [0.2, 0.25) is 0 Å². The zero-order valence-electron chi connectivity index (χ0n) is 28.3. The Morgan fingerprint density at radius 1 is 0.351 bits per heavy atom. The third kappa shape index (κ3) is 211. The highest BCUT2D eigenvalue weighted by atomic mass is 14.8. The van der Waals surface area contributed by atoms with Crippen LogP contribution in [0.2, 0.25) is 0 Å². The van der Waals surface area contributed by atoms with E-state index in [0.29, 0.717) is 0 Å². The average Bonchev–Trinajstić information content (AvgIpc) is 3.63. The van der Waals surface area contributed by atoms with Crippen LogP contribution in [-0.4, -0.2) is 29.9 Å². The minimum atomic E-state index is 0.833. The van der Waals surface area contributed by atoms with Crippen LogP contribution in [0.5, 0.6) is 0 Å². The molecule has 3 N–H and O–H groups in total. The normalized spacial score (nSPS) is 7.62. The summed E-state index contributed by atoms with van der Waals surface area (Å²) in [7, 11) is 0. The molecule has 0 bridgehead atoms. The molecule has 0 aliphatic rings. The minimum absolute atomic E-state index is 0.833. The smallest absolute Gasteiger partial charge is 0.0919 e. The van der Waals surface area contributed by atoms with E-state index in [9.17, 15) is 0 Å². The van der Waals surface area contributed by atoms with Crippen molar-refractivity contribution in [1.29, 1.82) is 0 Å². The summed E-state index contributed by atoms with van der Waals surface area (Å²) in [6, 6.07) is 0. The quantitative estimate of drug-likeness (QED) is 0.272. The van der Waals surface area contributed by atoms with Crippen LogP contribution in [0.1, 0.15) is 125 Å². The monoisotopic (exact) mass is 527 g/mol. The summed E-state index contributed by atoms with van der Waals surface area (Å²) in [5.74, 6) is 3.33. The van der Waals surface area contributed by atoms with Gasteiger partial charge in [0.25, 0.3) is 0 Å². The van der Waals surface area contributed by atoms with Crippen LogP contribution >= 0.6 is 0 Å². The van der Waals surface area contributed by atoms with Crippen LogP contribution in [0.3, 0.4) is 0 Å². The molecule has 0 saturated carbocycles. The second-order valence-electron chi connectivity index (χ2n) is 9.21. The molecule has 0 unspecified atom stereocenters. The van der Waals surface area contributed by atoms with Gasteiger partial charge in [0.1, 0.15) is 0 Å². The number of nitrogens with zero attached hydrogens (tertiary/aromatic N) is 3. The maximum absolute atomic E-state index is 3.67. The number of aromatic nitrogens is 6. The molecule has 0 atom stereocenters. The number of aromatic amines is 3. The number of rotatable bonds is 0. The molecule has 37 heavy (non-hydrogen) atoms. The van der Waals surface area contributed by atoms with Crippen molar-refractivity contribution in [1.82, 2.24) is 29.9 Å². The number of nitrogens with one attached hydrogen (secondary N) is 3. The number of hydrogen-bond acceptors (Lipinski definition) is 3. The molecule has 0 saturated heterocycles. The Labute approximate surface area is 234 Å². The molecule has 3 rings (SSSR count). The summed E-state index contributed by atoms with van der Waals surface area (Å²) in [6.07, 6.45) is 15.2. The Bertz CT molecular complexity index is 379. The Morgan fingerprint density at radius 3 is 0.514 bits per heavy atom. The minimum Gasteiger partial charge on any atom is -0.351 e. The van der Waals surface area contributed by atoms with Crippen molar-refractivity contribution in [2.45, 2.75) is 125 Å². The number of imidazole rings is 3. The van der Waals surface area contributed by atoms with Gasteiger partial charge < -0.3 is 15.0 Å². The van der Waals surface area contributed by atoms with Crippen molar-refractivity contribution in [2.75, 3.05) is 0 Å². The first-order chi connectivity index (χ1) is 17.4. The Kier molecular flexibility index (Phi) is 81.8. The van der Waals surface area contributed by atoms with E-state index in [4.69, 9.17) is 0 Å². The molecule has 0 radical (unpaired) electrons. The first-order valence-electron chi connectivity index (χ1n) is 14.2. The van der Waals surface area contributed by atoms with Gasteiger partial charge in [-0.25, -0.2) is 15.0 Å². The second kappa shape index (κ2) is 59.0. The van der Waals surface area contributed by atoms with Crippen molar-refractivity contribution in [3.8, 4) is 0 Å². The van der Waals surface area contributed by atoms with Gasteiger partial charge in [-0.3, -0.25) is 0 Å². The van der Waals surface area contributed by atoms with Crippen LogP contribution in [0, 0.1) is 23.7 Å². The van der Waals surface area contributed by atoms with Gasteiger partial charge in [-0.15, -0.1) is 0 Å². The van der Waals surface area contributed by atoms with Gasteiger partial charge in [0.15, 0.2) is 0 Å². The highest BCUT2D eigenvalue weighted by Crippen LogP contribution is 1.82. The van der Waals surface area contributed by atoms with E-state index in [2.05, 4.69) is 113 Å². The molecule has 0 spiro atoms. The van der Waals surface area contributed by atoms with Crippen molar-refractivity contribution < 1.29 is 0 Å². The molecule has 6 heteroatoms. The van der Waals surface area contributed by atoms with E-state index < -0.39 is 0 Å². The highest BCUT2D eigenvalue weighted by Gasteiger charge is 1.69. The van der Waals surface area contributed by atoms with Gasteiger partial charge in [0, 0.05) is 37.2 Å². The van der Waals surface area contributed by atoms with Crippen LogP contribution in [-0.2, 0) is 0 Å². The second-order valence-corrected chi connectivity index (χ2v) is 9.21. The predicted molar refractivity (Wildman–Crippen MR) is 172 cm³/mol. The summed E-state index contributed by atoms with van der Waals surface area (Å²) in [5.41, 5.74) is 0. The van der Waals surface area contributed by atoms with Crippen LogP contribution in [0.15, 0.2) is 56.2 Å². The largest absolute Gasteiger partial charge is 0.351 e. The lowest BCUT2D eigenvalue weighted by Gasteiger charge is -1.79. The maximum atomic E-state index is 3.67. The average molecular weight is 527 g/mol. The Hall–Kier alpha value is -2.37. The third-order valence-electron chi connectivity index (χ3n) is 1.22. The van der Waals surface area contributed by atoms with Crippen LogP contribution in [0.25, 0.3) is 0 Å². The molecule has 6 nitrogen and oxygen atoms in total. The Morgan fingerprint density at radius 2 is 0.486 bits per heavy atom. The maximum Gasteiger partial charge on any atom is 0.0919 e. The fraction of sp³-hybridized carbons (Fsp3) is 0.710. The van der Waals surface area contributed by atoms with Crippen molar-refractivity contribution in [3.63, 3.8) is 0 Å². The Balaban J connectivity index is -0.0000000551. The van der Waals surface area contributed by atoms with Gasteiger partial charge in [-0.2, -0.15) is 0 Å². The van der Waals surface area contributed by atoms with E-state index in [1.54, 1.807) is 56.2 Å². The summed E-state index contributed by atoms with van der Waals surface area (Å²) in [4.78, 5) is 19.2. The van der Waals surface area contributed by atoms with E-state index in [1.165, 1.54) is 0 Å². The molecule has 0 fully saturated rings. The first kappa shape index (κ1) is 51.3. The topological polar surface area (TPSA) is 86.0 Å². The summed E-state index contributed by atoms with van der Waals surface area (Å²) >= 11 is 0. The molecule has 3 aromatic rings. The van der Waals surface area contributed by atoms with Crippen molar-refractivity contribution in [2.24, 2.45) is 23.7 Å². The van der Waals surface area contributed by atoms with E-state index in [0.717, 1.165) is 23.7 Å². The summed E-state index contributed by atoms with van der Waals surface area (Å²) < 4.78 is 0. The molecular weight excluding hydrogens is 456 g/mol. The van der Waals surface area contributed by atoms with Gasteiger partial charge in [-0.05, 0) is 23.7 Å². The first-order valence-corrected chi connectivity index (χ1v) is 14.2. The van der Waals surface area contributed by atoms with E-state index in [-0.39, 0.29) is 0 Å². The lowest BCUT2D eigenvalue weighted by atomic mass is 10.3. The predicted octanol–water partition coefficient (Wildman–Crippen LogP) is 11.0. The fourth-order valence-electron chi connectivity index (χ4n) is 0.645. The summed E-state index contributed by atoms with van der Waals surface area (Å²) in [6.45, 7) is 38.0. The highest BCUT2D eigenvalue weighted by molar-refractivity contribution is 4.65. The molecule has 3 heterocycles. The molecule has 0 amide bonds. The van der Waals surface area contributed by atoms with Gasteiger partial charge in [-0.1, -0.05) is 125 Å². The lowest BCUT2D eigenvalue weighted by molar-refractivity contribution is 0.736. The SMILES string of the molecule is CC.CC.CC.CC(C)C.CC(C)C.CC(C)C.CC(C)C.c1c[nH]cn1.c1c[nH]cn1.c1c[nH]cn1. The zero-order chi connectivity index (χ0) is 30.9. The van der Waals surface area contributed by atoms with Crippen molar-refractivity contribution >= 4 is 0 Å². The molecular formula is C31H70N6. The summed E-state index contributed by atoms with van der Waals surface area (Å²) in [5, 5.41) is 0. The van der Waals surface area contributed by atoms with Gasteiger partial charge in [0.05, 0.1) is 19.0 Å². The zero-order valence-corrected chi connectivity index (χ0v) is 28.3. The van der Waals surface area contributed by atoms with Crippen molar-refractivity contribution in [3.05, 3.63) is 56.2 Å². The molecule has 0 aliphatic heterocycles. The lowest BCUT2D eigenvalue weighted by Crippen LogP contribution is -1.66. The van der Waals surface area contributed by atoms with E-state index in [1.807, 2.05) is 41.5 Å². The van der Waals surface area contributed by atoms with E-state index >= 15 is 0 Å². The standard InChI is InChI=1S/4C4H10.3C3H4N2.3C2H6/c4*1-4(2)3;3*1-2-5-3-4-1;3*1-2/h4*4H,1-3H3;3*1-3H,(H,4,5);3*1-2H3. The third-order valence-corrected chi connectivity index (χ3v) is 1.22. The fourth-order valence-corrected chi connectivity index (χ4v) is 0.645. The molecule has 3 aromatic heterocycles. The molecule has 224 valence electrons. The number of hydrogen-bond donors (Lipinski definition) is 3. The van der Waals surface area contributed by atoms with Crippen LogP contribution < -0.4 is 0 Å². The van der Waals surface area contributed by atoms with Crippen LogP contribution in [0.4, 0.5) is 0 Å². The molecule has 0 aromatic carbocycles. The van der Waals surface area contributed by atoms with Gasteiger partial charge >= 0.3 is 0 Å². The molecule has 0 aliphatic carbocycles.